The third-order valence-electron chi connectivity index (χ3n) is 2.31. The predicted octanol–water partition coefficient (Wildman–Crippen LogP) is 2.75. The SMILES string of the molecule is CC(C)(C)NC(=O)CNc1cc(Cl)nc(C(C)(C)C)n1. The molecule has 5 nitrogen and oxygen atoms in total. The zero-order valence-electron chi connectivity index (χ0n) is 13.0. The summed E-state index contributed by atoms with van der Waals surface area (Å²) in [5.74, 6) is 1.10. The van der Waals surface area contributed by atoms with Gasteiger partial charge in [0.2, 0.25) is 5.91 Å². The molecular formula is C14H23ClN4O. The van der Waals surface area contributed by atoms with Gasteiger partial charge in [0.1, 0.15) is 16.8 Å². The van der Waals surface area contributed by atoms with Gasteiger partial charge in [-0.2, -0.15) is 0 Å². The van der Waals surface area contributed by atoms with Crippen LogP contribution in [0.15, 0.2) is 6.07 Å². The summed E-state index contributed by atoms with van der Waals surface area (Å²) in [7, 11) is 0. The van der Waals surface area contributed by atoms with E-state index >= 15 is 0 Å². The lowest BCUT2D eigenvalue weighted by Gasteiger charge is -2.21. The van der Waals surface area contributed by atoms with Gasteiger partial charge in [0.25, 0.3) is 0 Å². The molecule has 0 saturated heterocycles. The lowest BCUT2D eigenvalue weighted by molar-refractivity contribution is -0.120. The van der Waals surface area contributed by atoms with Crippen molar-refractivity contribution in [2.24, 2.45) is 0 Å². The Morgan fingerprint density at radius 1 is 1.20 bits per heavy atom. The van der Waals surface area contributed by atoms with Gasteiger partial charge in [-0.05, 0) is 20.8 Å². The molecule has 20 heavy (non-hydrogen) atoms. The molecule has 0 aliphatic rings. The van der Waals surface area contributed by atoms with Crippen LogP contribution in [0.2, 0.25) is 5.15 Å². The van der Waals surface area contributed by atoms with Crippen LogP contribution in [0.3, 0.4) is 0 Å². The summed E-state index contributed by atoms with van der Waals surface area (Å²) in [5.41, 5.74) is -0.451. The van der Waals surface area contributed by atoms with Crippen LogP contribution in [-0.4, -0.2) is 28.0 Å². The maximum atomic E-state index is 11.7. The summed E-state index contributed by atoms with van der Waals surface area (Å²) in [6, 6.07) is 1.61. The Balaban J connectivity index is 2.74. The van der Waals surface area contributed by atoms with E-state index in [1.165, 1.54) is 0 Å². The van der Waals surface area contributed by atoms with Crippen LogP contribution in [-0.2, 0) is 10.2 Å². The monoisotopic (exact) mass is 298 g/mol. The lowest BCUT2D eigenvalue weighted by atomic mass is 9.96. The third kappa shape index (κ3) is 5.74. The Hall–Kier alpha value is -1.36. The van der Waals surface area contributed by atoms with Crippen molar-refractivity contribution in [1.29, 1.82) is 0 Å². The number of anilines is 1. The van der Waals surface area contributed by atoms with Gasteiger partial charge in [-0.1, -0.05) is 32.4 Å². The Bertz CT molecular complexity index is 489. The summed E-state index contributed by atoms with van der Waals surface area (Å²) >= 11 is 5.99. The molecule has 0 aliphatic carbocycles. The molecule has 0 aromatic carbocycles. The second-order valence-electron chi connectivity index (χ2n) is 6.80. The standard InChI is InChI=1S/C14H23ClN4O/c1-13(2,3)12-17-9(15)7-10(18-12)16-8-11(20)19-14(4,5)6/h7H,8H2,1-6H3,(H,19,20)(H,16,17,18). The van der Waals surface area contributed by atoms with Crippen molar-refractivity contribution in [2.45, 2.75) is 52.5 Å². The second kappa shape index (κ2) is 5.95. The van der Waals surface area contributed by atoms with Crippen LogP contribution in [0.4, 0.5) is 5.82 Å². The summed E-state index contributed by atoms with van der Waals surface area (Å²) < 4.78 is 0. The minimum atomic E-state index is -0.251. The number of hydrogen-bond donors (Lipinski definition) is 2. The van der Waals surface area contributed by atoms with E-state index in [4.69, 9.17) is 11.6 Å². The van der Waals surface area contributed by atoms with E-state index in [0.29, 0.717) is 16.8 Å². The molecule has 1 amide bonds. The molecule has 0 aliphatic heterocycles. The van der Waals surface area contributed by atoms with E-state index in [2.05, 4.69) is 20.6 Å². The van der Waals surface area contributed by atoms with E-state index < -0.39 is 0 Å². The first-order valence-electron chi connectivity index (χ1n) is 6.57. The highest BCUT2D eigenvalue weighted by atomic mass is 35.5. The Morgan fingerprint density at radius 2 is 1.80 bits per heavy atom. The first-order chi connectivity index (χ1) is 8.97. The number of aromatic nitrogens is 2. The van der Waals surface area contributed by atoms with Crippen molar-refractivity contribution in [3.63, 3.8) is 0 Å². The highest BCUT2D eigenvalue weighted by Gasteiger charge is 2.19. The number of amides is 1. The summed E-state index contributed by atoms with van der Waals surface area (Å²) in [5, 5.41) is 6.21. The molecular weight excluding hydrogens is 276 g/mol. The molecule has 1 aromatic rings. The fraction of sp³-hybridized carbons (Fsp3) is 0.643. The molecule has 0 atom stereocenters. The largest absolute Gasteiger partial charge is 0.361 e. The first kappa shape index (κ1) is 16.7. The molecule has 1 aromatic heterocycles. The predicted molar refractivity (Wildman–Crippen MR) is 82.1 cm³/mol. The molecule has 6 heteroatoms. The molecule has 0 spiro atoms. The van der Waals surface area contributed by atoms with Gasteiger partial charge in [0.05, 0.1) is 6.54 Å². The van der Waals surface area contributed by atoms with Gasteiger partial charge >= 0.3 is 0 Å². The Labute approximate surface area is 125 Å². The van der Waals surface area contributed by atoms with Gasteiger partial charge in [-0.25, -0.2) is 9.97 Å². The van der Waals surface area contributed by atoms with E-state index in [9.17, 15) is 4.79 Å². The molecule has 0 bridgehead atoms. The van der Waals surface area contributed by atoms with Crippen LogP contribution >= 0.6 is 11.6 Å². The molecule has 2 N–H and O–H groups in total. The Morgan fingerprint density at radius 3 is 2.30 bits per heavy atom. The van der Waals surface area contributed by atoms with Crippen molar-refractivity contribution < 1.29 is 4.79 Å². The normalized spacial score (nSPS) is 12.2. The maximum Gasteiger partial charge on any atom is 0.239 e. The molecule has 0 fully saturated rings. The molecule has 1 heterocycles. The van der Waals surface area contributed by atoms with Crippen molar-refractivity contribution in [2.75, 3.05) is 11.9 Å². The van der Waals surface area contributed by atoms with E-state index in [1.54, 1.807) is 6.07 Å². The number of nitrogens with zero attached hydrogens (tertiary/aromatic N) is 2. The minimum Gasteiger partial charge on any atom is -0.361 e. The quantitative estimate of drug-likeness (QED) is 0.842. The molecule has 0 radical (unpaired) electrons. The molecule has 0 saturated carbocycles. The highest BCUT2D eigenvalue weighted by molar-refractivity contribution is 6.29. The molecule has 0 unspecified atom stereocenters. The number of nitrogens with one attached hydrogen (secondary N) is 2. The second-order valence-corrected chi connectivity index (χ2v) is 7.19. The number of halogens is 1. The van der Waals surface area contributed by atoms with Crippen molar-refractivity contribution in [3.05, 3.63) is 17.0 Å². The van der Waals surface area contributed by atoms with Gasteiger partial charge in [-0.15, -0.1) is 0 Å². The van der Waals surface area contributed by atoms with Crippen LogP contribution in [0.5, 0.6) is 0 Å². The zero-order chi connectivity index (χ0) is 15.6. The molecule has 1 rings (SSSR count). The number of carbonyl (C=O) groups excluding carboxylic acids is 1. The number of hydrogen-bond acceptors (Lipinski definition) is 4. The smallest absolute Gasteiger partial charge is 0.239 e. The van der Waals surface area contributed by atoms with E-state index in [1.807, 2.05) is 41.5 Å². The van der Waals surface area contributed by atoms with Gasteiger partial charge in [0.15, 0.2) is 0 Å². The van der Waals surface area contributed by atoms with E-state index in [-0.39, 0.29) is 23.4 Å². The van der Waals surface area contributed by atoms with Crippen LogP contribution in [0.25, 0.3) is 0 Å². The van der Waals surface area contributed by atoms with E-state index in [0.717, 1.165) is 0 Å². The van der Waals surface area contributed by atoms with Crippen LogP contribution < -0.4 is 10.6 Å². The third-order valence-corrected chi connectivity index (χ3v) is 2.50. The summed E-state index contributed by atoms with van der Waals surface area (Å²) in [6.45, 7) is 12.0. The fourth-order valence-electron chi connectivity index (χ4n) is 1.48. The Kier molecular flexibility index (Phi) is 4.97. The van der Waals surface area contributed by atoms with Crippen molar-refractivity contribution in [3.8, 4) is 0 Å². The average molecular weight is 299 g/mol. The van der Waals surface area contributed by atoms with Crippen LogP contribution in [0.1, 0.15) is 47.4 Å². The topological polar surface area (TPSA) is 66.9 Å². The maximum absolute atomic E-state index is 11.7. The van der Waals surface area contributed by atoms with Crippen LogP contribution in [0, 0.1) is 0 Å². The summed E-state index contributed by atoms with van der Waals surface area (Å²) in [4.78, 5) is 20.3. The number of carbonyl (C=O) groups is 1. The zero-order valence-corrected chi connectivity index (χ0v) is 13.7. The fourth-order valence-corrected chi connectivity index (χ4v) is 1.66. The molecule has 112 valence electrons. The highest BCUT2D eigenvalue weighted by Crippen LogP contribution is 2.22. The van der Waals surface area contributed by atoms with Gasteiger partial charge in [-0.3, -0.25) is 4.79 Å². The minimum absolute atomic E-state index is 0.0930. The lowest BCUT2D eigenvalue weighted by Crippen LogP contribution is -2.43. The van der Waals surface area contributed by atoms with Gasteiger partial charge < -0.3 is 10.6 Å². The van der Waals surface area contributed by atoms with Gasteiger partial charge in [0, 0.05) is 17.0 Å². The number of rotatable bonds is 3. The average Bonchev–Trinajstić information content (AvgIpc) is 2.22. The van der Waals surface area contributed by atoms with Crippen molar-refractivity contribution in [1.82, 2.24) is 15.3 Å². The summed E-state index contributed by atoms with van der Waals surface area (Å²) in [6.07, 6.45) is 0. The van der Waals surface area contributed by atoms with Crippen molar-refractivity contribution >= 4 is 23.3 Å². The first-order valence-corrected chi connectivity index (χ1v) is 6.95.